The number of carbonyl (C=O) groups excluding carboxylic acids is 2. The number of halogens is 7. The zero-order chi connectivity index (χ0) is 53.1. The fourth-order valence-corrected chi connectivity index (χ4v) is 12.3. The van der Waals surface area contributed by atoms with Crippen LogP contribution in [0.3, 0.4) is 0 Å². The van der Waals surface area contributed by atoms with Crippen LogP contribution in [0.1, 0.15) is 149 Å². The molecule has 4 atom stereocenters. The Labute approximate surface area is 442 Å². The molecule has 18 heteroatoms. The highest BCUT2D eigenvalue weighted by Gasteiger charge is 2.44. The van der Waals surface area contributed by atoms with Crippen molar-refractivity contribution < 1.29 is 45.4 Å². The second kappa shape index (κ2) is 23.3. The Morgan fingerprint density at radius 2 is 1.08 bits per heavy atom. The Kier molecular flexibility index (Phi) is 17.3. The molecule has 4 fully saturated rings. The molecule has 2 aliphatic carbocycles. The molecule has 2 amide bonds. The van der Waals surface area contributed by atoms with E-state index in [-0.39, 0.29) is 13.1 Å². The number of cyclic esters (lactones) is 2. The average Bonchev–Trinajstić information content (AvgIpc) is 4.08. The predicted octanol–water partition coefficient (Wildman–Crippen LogP) is 15.8. The molecule has 74 heavy (non-hydrogen) atoms. The van der Waals surface area contributed by atoms with E-state index in [1.54, 1.807) is 53.3 Å². The van der Waals surface area contributed by atoms with E-state index in [9.17, 15) is 35.9 Å². The van der Waals surface area contributed by atoms with Crippen molar-refractivity contribution in [2.75, 3.05) is 22.9 Å². The highest BCUT2D eigenvalue weighted by Crippen LogP contribution is 2.42. The fourth-order valence-electron chi connectivity index (χ4n) is 11.2. The van der Waals surface area contributed by atoms with Crippen molar-refractivity contribution in [3.63, 3.8) is 0 Å². The number of aryl methyl sites for hydroxylation is 2. The van der Waals surface area contributed by atoms with Crippen molar-refractivity contribution in [2.24, 2.45) is 0 Å². The number of hydrogen-bond donors (Lipinski definition) is 0. The van der Waals surface area contributed by atoms with Crippen LogP contribution in [0.25, 0.3) is 11.1 Å². The van der Waals surface area contributed by atoms with Gasteiger partial charge in [0.05, 0.1) is 36.3 Å². The van der Waals surface area contributed by atoms with E-state index in [1.807, 2.05) is 37.6 Å². The number of nitrogens with zero attached hydrogens (tertiary/aromatic N) is 6. The third kappa shape index (κ3) is 12.5. The van der Waals surface area contributed by atoms with E-state index >= 15 is 0 Å². The van der Waals surface area contributed by atoms with Crippen LogP contribution in [0.4, 0.5) is 47.6 Å². The first-order valence-corrected chi connectivity index (χ1v) is 27.5. The normalized spacial score (nSPS) is 20.8. The smallest absolute Gasteiger partial charge is 0.416 e. The maximum absolute atomic E-state index is 13.5. The maximum Gasteiger partial charge on any atom is 0.416 e. The van der Waals surface area contributed by atoms with Crippen LogP contribution in [0.5, 0.6) is 0 Å². The number of thiophene rings is 1. The molecule has 2 saturated heterocycles. The van der Waals surface area contributed by atoms with Gasteiger partial charge in [0.1, 0.15) is 23.8 Å². The summed E-state index contributed by atoms with van der Waals surface area (Å²) in [4.78, 5) is 43.6. The Hall–Kier alpha value is -5.36. The molecule has 0 radical (unpaired) electrons. The van der Waals surface area contributed by atoms with Crippen molar-refractivity contribution in [1.29, 1.82) is 0 Å². The van der Waals surface area contributed by atoms with Gasteiger partial charge in [0.25, 0.3) is 0 Å². The molecule has 5 heterocycles. The van der Waals surface area contributed by atoms with Crippen LogP contribution in [-0.2, 0) is 34.9 Å². The largest absolute Gasteiger partial charge is 0.439 e. The van der Waals surface area contributed by atoms with E-state index in [1.165, 1.54) is 38.5 Å². The molecule has 4 aliphatic rings. The third-order valence-corrected chi connectivity index (χ3v) is 16.1. The maximum atomic E-state index is 13.5. The summed E-state index contributed by atoms with van der Waals surface area (Å²) in [5.74, 6) is 1.71. The van der Waals surface area contributed by atoms with Gasteiger partial charge in [-0.05, 0) is 153 Å². The van der Waals surface area contributed by atoms with Crippen molar-refractivity contribution in [3.8, 4) is 11.1 Å². The number of amides is 2. The summed E-state index contributed by atoms with van der Waals surface area (Å²) in [5.41, 5.74) is 4.02. The van der Waals surface area contributed by atoms with E-state index in [0.717, 1.165) is 101 Å². The lowest BCUT2D eigenvalue weighted by molar-refractivity contribution is -0.138. The minimum absolute atomic E-state index is 0.262. The minimum Gasteiger partial charge on any atom is -0.439 e. The van der Waals surface area contributed by atoms with Crippen molar-refractivity contribution >= 4 is 51.1 Å². The molecule has 0 spiro atoms. The molecule has 2 saturated carbocycles. The van der Waals surface area contributed by atoms with Crippen LogP contribution >= 0.6 is 27.3 Å². The first kappa shape index (κ1) is 54.9. The summed E-state index contributed by atoms with van der Waals surface area (Å²) in [5, 5.41) is 4.09. The highest BCUT2D eigenvalue weighted by molar-refractivity contribution is 9.10. The van der Waals surface area contributed by atoms with Gasteiger partial charge in [0, 0.05) is 58.7 Å². The average molecular weight is 1110 g/mol. The van der Waals surface area contributed by atoms with Crippen LogP contribution in [0.2, 0.25) is 0 Å². The van der Waals surface area contributed by atoms with Crippen molar-refractivity contribution in [1.82, 2.24) is 19.8 Å². The SMILES string of the molecule is CCN(c1ncc(-c2ccsc2)cc1CN1C(=O)OC(c2cc(C)cc(C(F)(F)F)c2)[C@@H]1C)C1CCCCC1.CCN(c1ncc(Br)cc1CN1C(=O)O[C@H](c2cc(C)cc(C(F)(F)F)c2)[C@@H]1C)C1CCCCC1. The number of carbonyl (C=O) groups is 2. The zero-order valence-corrected chi connectivity index (χ0v) is 45.1. The number of hydrogen-bond acceptors (Lipinski definition) is 9. The first-order chi connectivity index (χ1) is 35.2. The number of pyridine rings is 2. The number of ether oxygens (including phenoxy) is 2. The van der Waals surface area contributed by atoms with Gasteiger partial charge in [-0.3, -0.25) is 9.80 Å². The second-order valence-corrected chi connectivity index (χ2v) is 21.8. The van der Waals surface area contributed by atoms with Crippen LogP contribution < -0.4 is 9.80 Å². The highest BCUT2D eigenvalue weighted by atomic mass is 79.9. The number of anilines is 2. The molecular weight excluding hydrogens is 1050 g/mol. The summed E-state index contributed by atoms with van der Waals surface area (Å²) in [6, 6.07) is 13.7. The summed E-state index contributed by atoms with van der Waals surface area (Å²) in [6.45, 7) is 13.3. The quantitative estimate of drug-likeness (QED) is 0.108. The molecule has 2 aromatic carbocycles. The van der Waals surface area contributed by atoms with Crippen molar-refractivity contribution in [2.45, 2.75) is 168 Å². The molecule has 5 aromatic rings. The van der Waals surface area contributed by atoms with Crippen LogP contribution in [0.15, 0.2) is 82.2 Å². The molecular formula is C56H65BrF6N6O4S. The van der Waals surface area contributed by atoms with E-state index in [0.29, 0.717) is 34.3 Å². The van der Waals surface area contributed by atoms with Gasteiger partial charge in [0.2, 0.25) is 0 Å². The summed E-state index contributed by atoms with van der Waals surface area (Å²) in [6.07, 6.45) is 3.80. The van der Waals surface area contributed by atoms with Gasteiger partial charge in [-0.15, -0.1) is 0 Å². The van der Waals surface area contributed by atoms with Crippen molar-refractivity contribution in [3.05, 3.63) is 127 Å². The lowest BCUT2D eigenvalue weighted by Crippen LogP contribution is -2.39. The standard InChI is InChI=1S/C30H34F3N3O2S.C26H31BrF3N3O2/c1-4-35(26-8-6-5-7-9-26)28-24(14-23(16-34-28)21-10-11-39-18-21)17-36-20(3)27(38-29(36)37)22-12-19(2)13-25(15-22)30(31,32)33;1-4-32(22-8-6-5-7-9-22)24-19(13-21(27)14-31-24)15-33-17(3)23(35-25(33)34)18-10-16(2)11-20(12-18)26(28,29)30/h10-16,18,20,26-27H,4-9,17H2,1-3H3;10-14,17,22-23H,4-9,15H2,1-3H3/t20-,27?;17-,23-/m00/s1. The van der Waals surface area contributed by atoms with Gasteiger partial charge in [-0.25, -0.2) is 19.6 Å². The molecule has 1 unspecified atom stereocenters. The minimum atomic E-state index is -4.47. The Morgan fingerprint density at radius 3 is 1.50 bits per heavy atom. The van der Waals surface area contributed by atoms with E-state index in [4.69, 9.17) is 19.4 Å². The molecule has 398 valence electrons. The first-order valence-electron chi connectivity index (χ1n) is 25.7. The Balaban J connectivity index is 0.000000198. The monoisotopic (exact) mass is 1110 g/mol. The molecule has 2 aliphatic heterocycles. The predicted molar refractivity (Wildman–Crippen MR) is 280 cm³/mol. The fraction of sp³-hybridized carbons (Fsp3) is 0.500. The molecule has 0 bridgehead atoms. The summed E-state index contributed by atoms with van der Waals surface area (Å²) in [7, 11) is 0. The van der Waals surface area contributed by atoms with E-state index < -0.39 is 60.0 Å². The summed E-state index contributed by atoms with van der Waals surface area (Å²) < 4.78 is 92.8. The van der Waals surface area contributed by atoms with Gasteiger partial charge in [-0.2, -0.15) is 37.7 Å². The number of aromatic nitrogens is 2. The van der Waals surface area contributed by atoms with E-state index in [2.05, 4.69) is 51.0 Å². The number of benzene rings is 2. The number of rotatable bonds is 13. The van der Waals surface area contributed by atoms with Gasteiger partial charge in [0.15, 0.2) is 0 Å². The Morgan fingerprint density at radius 1 is 0.635 bits per heavy atom. The lowest BCUT2D eigenvalue weighted by atomic mass is 9.93. The van der Waals surface area contributed by atoms with Gasteiger partial charge >= 0.3 is 24.5 Å². The number of alkyl halides is 6. The molecule has 3 aromatic heterocycles. The molecule has 0 N–H and O–H groups in total. The summed E-state index contributed by atoms with van der Waals surface area (Å²) >= 11 is 5.11. The molecule has 10 nitrogen and oxygen atoms in total. The lowest BCUT2D eigenvalue weighted by Gasteiger charge is -2.36. The van der Waals surface area contributed by atoms with Crippen LogP contribution in [-0.4, -0.2) is 69.2 Å². The van der Waals surface area contributed by atoms with Gasteiger partial charge < -0.3 is 19.3 Å². The van der Waals surface area contributed by atoms with Crippen LogP contribution in [0, 0.1) is 13.8 Å². The van der Waals surface area contributed by atoms with Gasteiger partial charge in [-0.1, -0.05) is 61.8 Å². The second-order valence-electron chi connectivity index (χ2n) is 20.1. The Bertz CT molecular complexity index is 2750. The zero-order valence-electron chi connectivity index (χ0n) is 42.7. The molecule has 9 rings (SSSR count). The third-order valence-electron chi connectivity index (χ3n) is 14.9. The topological polar surface area (TPSA) is 91.3 Å².